The lowest BCUT2D eigenvalue weighted by Crippen LogP contribution is -2.31. The molecule has 40 heavy (non-hydrogen) atoms. The van der Waals surface area contributed by atoms with Crippen LogP contribution in [0.1, 0.15) is 43.0 Å². The highest BCUT2D eigenvalue weighted by Gasteiger charge is 2.36. The molecule has 206 valence electrons. The summed E-state index contributed by atoms with van der Waals surface area (Å²) in [5, 5.41) is 12.6. The van der Waals surface area contributed by atoms with Crippen molar-refractivity contribution in [3.05, 3.63) is 104 Å². The first-order valence-corrected chi connectivity index (χ1v) is 15.1. The second-order valence-electron chi connectivity index (χ2n) is 9.50. The van der Waals surface area contributed by atoms with Crippen LogP contribution in [0.15, 0.2) is 87.6 Å². The summed E-state index contributed by atoms with van der Waals surface area (Å²) >= 11 is 11.3. The van der Waals surface area contributed by atoms with Crippen LogP contribution in [-0.2, 0) is 11.4 Å². The first-order valence-electron chi connectivity index (χ1n) is 12.9. The maximum Gasteiger partial charge on any atom is 0.255 e. The standard InChI is InChI=1S/C30H29BrClN5O2S/c1-4-14-40-30-35-29-33-19(3)26(28(38)34-23-7-5-6-18(2)15-23)27(37(29)36-30)24-16-21(31)10-13-25(24)39-17-20-8-11-22(32)12-9-20/h5-13,15-16,27H,4,14,17H2,1-3H3,(H,34,38)(H,33,35,36). The number of aromatic nitrogens is 3. The highest BCUT2D eigenvalue weighted by atomic mass is 79.9. The van der Waals surface area contributed by atoms with E-state index in [4.69, 9.17) is 26.4 Å². The van der Waals surface area contributed by atoms with Crippen LogP contribution < -0.4 is 15.4 Å². The zero-order valence-corrected chi connectivity index (χ0v) is 25.5. The molecule has 0 bridgehead atoms. The molecular formula is C30H29BrClN5O2S. The Kier molecular flexibility index (Phi) is 8.83. The Hall–Kier alpha value is -3.27. The van der Waals surface area contributed by atoms with Gasteiger partial charge >= 0.3 is 0 Å². The number of thioether (sulfide) groups is 1. The fourth-order valence-corrected chi connectivity index (χ4v) is 5.68. The number of nitrogens with one attached hydrogen (secondary N) is 2. The fraction of sp³-hybridized carbons (Fsp3) is 0.233. The van der Waals surface area contributed by atoms with E-state index in [0.717, 1.165) is 39.0 Å². The number of aryl methyl sites for hydroxylation is 1. The maximum absolute atomic E-state index is 13.9. The second-order valence-corrected chi connectivity index (χ2v) is 11.9. The van der Waals surface area contributed by atoms with E-state index < -0.39 is 6.04 Å². The lowest BCUT2D eigenvalue weighted by Gasteiger charge is -2.30. The van der Waals surface area contributed by atoms with Crippen molar-refractivity contribution in [1.29, 1.82) is 0 Å². The van der Waals surface area contributed by atoms with E-state index in [1.54, 1.807) is 16.4 Å². The number of carbonyl (C=O) groups excluding carboxylic acids is 1. The Bertz CT molecular complexity index is 1570. The average Bonchev–Trinajstić information content (AvgIpc) is 3.33. The molecule has 0 fully saturated rings. The topological polar surface area (TPSA) is 81.1 Å². The molecule has 1 amide bonds. The summed E-state index contributed by atoms with van der Waals surface area (Å²) in [7, 11) is 0. The molecule has 2 heterocycles. The van der Waals surface area contributed by atoms with Gasteiger partial charge in [0.05, 0.1) is 5.57 Å². The number of hydrogen-bond donors (Lipinski definition) is 2. The lowest BCUT2D eigenvalue weighted by molar-refractivity contribution is -0.113. The van der Waals surface area contributed by atoms with E-state index in [1.165, 1.54) is 0 Å². The van der Waals surface area contributed by atoms with Crippen molar-refractivity contribution in [3.8, 4) is 5.75 Å². The molecule has 2 N–H and O–H groups in total. The SMILES string of the molecule is CCCSc1nc2n(n1)C(c1cc(Br)ccc1OCc1ccc(Cl)cc1)C(C(=O)Nc1cccc(C)c1)=C(C)N2. The molecule has 1 aliphatic heterocycles. The monoisotopic (exact) mass is 637 g/mol. The van der Waals surface area contributed by atoms with Crippen LogP contribution in [0.2, 0.25) is 5.02 Å². The van der Waals surface area contributed by atoms with Gasteiger partial charge in [-0.3, -0.25) is 4.79 Å². The van der Waals surface area contributed by atoms with Gasteiger partial charge in [0.2, 0.25) is 11.1 Å². The van der Waals surface area contributed by atoms with Crippen molar-refractivity contribution in [1.82, 2.24) is 14.8 Å². The summed E-state index contributed by atoms with van der Waals surface area (Å²) in [6.07, 6.45) is 1.00. The van der Waals surface area contributed by atoms with Gasteiger partial charge in [0.25, 0.3) is 5.91 Å². The van der Waals surface area contributed by atoms with E-state index >= 15 is 0 Å². The fourth-order valence-electron chi connectivity index (χ4n) is 4.49. The molecule has 4 aromatic rings. The van der Waals surface area contributed by atoms with Crippen LogP contribution >= 0.6 is 39.3 Å². The van der Waals surface area contributed by atoms with Crippen LogP contribution in [0.4, 0.5) is 11.6 Å². The van der Waals surface area contributed by atoms with Crippen molar-refractivity contribution in [2.45, 2.75) is 45.0 Å². The number of fused-ring (bicyclic) bond motifs is 1. The Balaban J connectivity index is 1.57. The lowest BCUT2D eigenvalue weighted by atomic mass is 9.94. The first-order chi connectivity index (χ1) is 19.3. The van der Waals surface area contributed by atoms with Crippen LogP contribution in [0.25, 0.3) is 0 Å². The molecule has 10 heteroatoms. The van der Waals surface area contributed by atoms with Gasteiger partial charge in [0, 0.05) is 32.2 Å². The Labute approximate surface area is 251 Å². The van der Waals surface area contributed by atoms with Crippen molar-refractivity contribution in [3.63, 3.8) is 0 Å². The third-order valence-electron chi connectivity index (χ3n) is 6.36. The van der Waals surface area contributed by atoms with Gasteiger partial charge < -0.3 is 15.4 Å². The zero-order chi connectivity index (χ0) is 28.2. The number of ether oxygens (including phenoxy) is 1. The van der Waals surface area contributed by atoms with E-state index in [-0.39, 0.29) is 5.91 Å². The molecule has 0 radical (unpaired) electrons. The number of amides is 1. The van der Waals surface area contributed by atoms with Crippen molar-refractivity contribution >= 4 is 56.8 Å². The maximum atomic E-state index is 13.9. The van der Waals surface area contributed by atoms with Gasteiger partial charge in [0.15, 0.2) is 0 Å². The molecule has 3 aromatic carbocycles. The molecular weight excluding hydrogens is 610 g/mol. The number of hydrogen-bond acceptors (Lipinski definition) is 6. The van der Waals surface area contributed by atoms with E-state index in [1.807, 2.05) is 80.6 Å². The van der Waals surface area contributed by atoms with Gasteiger partial charge in [-0.05, 0) is 73.9 Å². The smallest absolute Gasteiger partial charge is 0.255 e. The summed E-state index contributed by atoms with van der Waals surface area (Å²) in [5.41, 5.74) is 4.78. The number of allylic oxidation sites excluding steroid dienone is 1. The van der Waals surface area contributed by atoms with Crippen molar-refractivity contribution in [2.24, 2.45) is 0 Å². The Morgan fingerprint density at radius 1 is 1.15 bits per heavy atom. The summed E-state index contributed by atoms with van der Waals surface area (Å²) in [6.45, 7) is 6.34. The average molecular weight is 639 g/mol. The normalized spacial score (nSPS) is 14.5. The summed E-state index contributed by atoms with van der Waals surface area (Å²) in [6, 6.07) is 20.5. The molecule has 1 aromatic heterocycles. The third-order valence-corrected chi connectivity index (χ3v) is 8.15. The highest BCUT2D eigenvalue weighted by Crippen LogP contribution is 2.41. The first kappa shape index (κ1) is 28.3. The van der Waals surface area contributed by atoms with E-state index in [0.29, 0.717) is 39.8 Å². The summed E-state index contributed by atoms with van der Waals surface area (Å²) in [4.78, 5) is 18.7. The Morgan fingerprint density at radius 3 is 2.70 bits per heavy atom. The molecule has 1 atom stereocenters. The predicted molar refractivity (Wildman–Crippen MR) is 165 cm³/mol. The Morgan fingerprint density at radius 2 is 1.95 bits per heavy atom. The number of anilines is 2. The summed E-state index contributed by atoms with van der Waals surface area (Å²) in [5.74, 6) is 1.89. The van der Waals surface area contributed by atoms with E-state index in [2.05, 4.69) is 33.5 Å². The molecule has 5 rings (SSSR count). The van der Waals surface area contributed by atoms with Crippen LogP contribution in [0.3, 0.4) is 0 Å². The molecule has 7 nitrogen and oxygen atoms in total. The molecule has 1 unspecified atom stereocenters. The predicted octanol–water partition coefficient (Wildman–Crippen LogP) is 8.01. The van der Waals surface area contributed by atoms with Gasteiger partial charge in [-0.15, -0.1) is 5.10 Å². The molecule has 0 aliphatic carbocycles. The minimum Gasteiger partial charge on any atom is -0.489 e. The number of halogens is 2. The van der Waals surface area contributed by atoms with Crippen molar-refractivity contribution in [2.75, 3.05) is 16.4 Å². The molecule has 0 saturated heterocycles. The highest BCUT2D eigenvalue weighted by molar-refractivity contribution is 9.10. The number of rotatable bonds is 9. The quantitative estimate of drug-likeness (QED) is 0.181. The van der Waals surface area contributed by atoms with Gasteiger partial charge in [0.1, 0.15) is 18.4 Å². The molecule has 0 spiro atoms. The number of nitrogens with zero attached hydrogens (tertiary/aromatic N) is 3. The van der Waals surface area contributed by atoms with Gasteiger partial charge in [-0.1, -0.05) is 70.5 Å². The molecule has 0 saturated carbocycles. The number of benzene rings is 3. The second kappa shape index (κ2) is 12.5. The summed E-state index contributed by atoms with van der Waals surface area (Å²) < 4.78 is 8.99. The zero-order valence-electron chi connectivity index (χ0n) is 22.4. The largest absolute Gasteiger partial charge is 0.489 e. The van der Waals surface area contributed by atoms with E-state index in [9.17, 15) is 4.79 Å². The van der Waals surface area contributed by atoms with Gasteiger partial charge in [-0.2, -0.15) is 4.98 Å². The third kappa shape index (κ3) is 6.37. The van der Waals surface area contributed by atoms with Gasteiger partial charge in [-0.25, -0.2) is 4.68 Å². The van der Waals surface area contributed by atoms with Crippen molar-refractivity contribution < 1.29 is 9.53 Å². The minimum absolute atomic E-state index is 0.229. The van der Waals surface area contributed by atoms with Crippen LogP contribution in [0.5, 0.6) is 5.75 Å². The molecule has 1 aliphatic rings. The minimum atomic E-state index is -0.581. The van der Waals surface area contributed by atoms with Crippen LogP contribution in [-0.4, -0.2) is 26.4 Å². The van der Waals surface area contributed by atoms with Crippen LogP contribution in [0, 0.1) is 6.92 Å². The number of carbonyl (C=O) groups is 1.